The van der Waals surface area contributed by atoms with Gasteiger partial charge >= 0.3 is 23.9 Å². The SMILES string of the molecule is O=C(O)c1ccc(COc2cc(COc3cc(COc4ccc5ccc6cccc7ccc4c5c67)cc(OCc4cc(OCc5ccc(C(=O)O)cc5)cc(OCc5ccc(C(=O)O)cc5)c4)c3)cc(OCc3ccc(C(=O)O)cc3)c2)cc1. The Bertz CT molecular complexity index is 3830. The molecule has 0 saturated carbocycles. The summed E-state index contributed by atoms with van der Waals surface area (Å²) in [4.78, 5) is 46.0. The van der Waals surface area contributed by atoms with Crippen molar-refractivity contribution in [3.8, 4) is 40.2 Å². The van der Waals surface area contributed by atoms with Gasteiger partial charge in [0.05, 0.1) is 22.3 Å². The fourth-order valence-electron chi connectivity index (χ4n) is 9.61. The lowest BCUT2D eigenvalue weighted by Crippen LogP contribution is -2.04. The number of carboxylic acid groups (broad SMARTS) is 4. The first kappa shape index (κ1) is 54.9. The molecule has 4 N–H and O–H groups in total. The molecule has 418 valence electrons. The average Bonchev–Trinajstić information content (AvgIpc) is 1.73. The Balaban J connectivity index is 0.879. The molecule has 0 unspecified atom stereocenters. The molecule has 11 rings (SSSR count). The summed E-state index contributed by atoms with van der Waals surface area (Å²) in [5, 5.41) is 44.3. The van der Waals surface area contributed by atoms with Gasteiger partial charge in [-0.2, -0.15) is 0 Å². The van der Waals surface area contributed by atoms with Crippen molar-refractivity contribution in [2.24, 2.45) is 0 Å². The van der Waals surface area contributed by atoms with Gasteiger partial charge in [-0.25, -0.2) is 19.2 Å². The minimum absolute atomic E-state index is 0.0467. The van der Waals surface area contributed by atoms with E-state index in [0.29, 0.717) is 51.4 Å². The first-order valence-electron chi connectivity index (χ1n) is 26.6. The van der Waals surface area contributed by atoms with Crippen LogP contribution < -0.4 is 33.2 Å². The van der Waals surface area contributed by atoms with Crippen LogP contribution in [-0.4, -0.2) is 44.3 Å². The van der Waals surface area contributed by atoms with Crippen molar-refractivity contribution in [2.75, 3.05) is 0 Å². The van der Waals surface area contributed by atoms with Gasteiger partial charge < -0.3 is 53.6 Å². The Kier molecular flexibility index (Phi) is 16.2. The van der Waals surface area contributed by atoms with E-state index in [1.54, 1.807) is 66.7 Å². The first-order valence-corrected chi connectivity index (χ1v) is 26.6. The summed E-state index contributed by atoms with van der Waals surface area (Å²) in [5.41, 5.74) is 5.69. The van der Waals surface area contributed by atoms with Crippen molar-refractivity contribution < 1.29 is 72.8 Å². The molecule has 84 heavy (non-hydrogen) atoms. The van der Waals surface area contributed by atoms with E-state index in [1.807, 2.05) is 42.5 Å². The van der Waals surface area contributed by atoms with E-state index in [4.69, 9.17) is 33.2 Å². The van der Waals surface area contributed by atoms with Crippen LogP contribution in [0.25, 0.3) is 32.3 Å². The third-order valence-corrected chi connectivity index (χ3v) is 13.9. The van der Waals surface area contributed by atoms with Crippen LogP contribution in [0.3, 0.4) is 0 Å². The molecule has 0 saturated heterocycles. The second-order valence-corrected chi connectivity index (χ2v) is 19.9. The number of rotatable bonds is 25. The largest absolute Gasteiger partial charge is 0.489 e. The molecule has 0 atom stereocenters. The van der Waals surface area contributed by atoms with Crippen LogP contribution in [0.2, 0.25) is 0 Å². The van der Waals surface area contributed by atoms with E-state index in [1.165, 1.54) is 53.9 Å². The normalized spacial score (nSPS) is 11.1. The molecule has 0 fully saturated rings. The summed E-state index contributed by atoms with van der Waals surface area (Å²) < 4.78 is 44.9. The third kappa shape index (κ3) is 13.4. The maximum atomic E-state index is 11.5. The van der Waals surface area contributed by atoms with Crippen molar-refractivity contribution >= 4 is 56.2 Å². The Labute approximate surface area is 480 Å². The average molecular weight is 1120 g/mol. The fourth-order valence-corrected chi connectivity index (χ4v) is 9.61. The molecule has 15 nitrogen and oxygen atoms in total. The zero-order valence-corrected chi connectivity index (χ0v) is 44.9. The summed E-state index contributed by atoms with van der Waals surface area (Å²) in [6, 6.07) is 60.7. The highest BCUT2D eigenvalue weighted by Crippen LogP contribution is 2.39. The molecular weight excluding hydrogens is 1070 g/mol. The highest BCUT2D eigenvalue weighted by Gasteiger charge is 2.16. The number of aromatic carboxylic acids is 4. The van der Waals surface area contributed by atoms with Crippen molar-refractivity contribution in [3.05, 3.63) is 267 Å². The Morgan fingerprint density at radius 3 is 0.833 bits per heavy atom. The lowest BCUT2D eigenvalue weighted by atomic mass is 9.94. The van der Waals surface area contributed by atoms with Gasteiger partial charge in [-0.05, 0) is 158 Å². The lowest BCUT2D eigenvalue weighted by Gasteiger charge is -2.17. The smallest absolute Gasteiger partial charge is 0.335 e. The topological polar surface area (TPSA) is 214 Å². The number of ether oxygens (including phenoxy) is 7. The van der Waals surface area contributed by atoms with E-state index in [2.05, 4.69) is 48.5 Å². The summed E-state index contributed by atoms with van der Waals surface area (Å²) in [6.07, 6.45) is 0. The fraction of sp³-hybridized carbons (Fsp3) is 0.101. The molecule has 11 aromatic rings. The second-order valence-electron chi connectivity index (χ2n) is 19.9. The van der Waals surface area contributed by atoms with Crippen molar-refractivity contribution in [1.29, 1.82) is 0 Å². The van der Waals surface area contributed by atoms with Gasteiger partial charge in [-0.15, -0.1) is 0 Å². The summed E-state index contributed by atoms with van der Waals surface area (Å²) in [6.45, 7) is 0.744. The maximum absolute atomic E-state index is 11.5. The summed E-state index contributed by atoms with van der Waals surface area (Å²) in [5.74, 6) is -0.705. The molecule has 0 aromatic heterocycles. The number of carbonyl (C=O) groups is 4. The molecule has 0 heterocycles. The zero-order valence-electron chi connectivity index (χ0n) is 44.9. The Morgan fingerprint density at radius 1 is 0.262 bits per heavy atom. The Morgan fingerprint density at radius 2 is 0.524 bits per heavy atom. The van der Waals surface area contributed by atoms with E-state index in [9.17, 15) is 39.6 Å². The molecule has 15 heteroatoms. The molecule has 0 aliphatic rings. The highest BCUT2D eigenvalue weighted by molar-refractivity contribution is 6.24. The lowest BCUT2D eigenvalue weighted by molar-refractivity contribution is 0.0686. The predicted molar refractivity (Wildman–Crippen MR) is 313 cm³/mol. The van der Waals surface area contributed by atoms with E-state index in [-0.39, 0.29) is 68.5 Å². The molecule has 11 aromatic carbocycles. The maximum Gasteiger partial charge on any atom is 0.335 e. The van der Waals surface area contributed by atoms with Crippen LogP contribution in [-0.2, 0) is 46.2 Å². The predicted octanol–water partition coefficient (Wildman–Crippen LogP) is 14.4. The van der Waals surface area contributed by atoms with Gasteiger partial charge in [0.25, 0.3) is 0 Å². The van der Waals surface area contributed by atoms with Crippen molar-refractivity contribution in [1.82, 2.24) is 0 Å². The number of hydrogen-bond donors (Lipinski definition) is 4. The quantitative estimate of drug-likeness (QED) is 0.0392. The van der Waals surface area contributed by atoms with Crippen LogP contribution in [0.4, 0.5) is 0 Å². The van der Waals surface area contributed by atoms with Crippen LogP contribution in [0, 0.1) is 0 Å². The molecule has 0 spiro atoms. The molecule has 0 aliphatic carbocycles. The first-order chi connectivity index (χ1) is 40.8. The van der Waals surface area contributed by atoms with Crippen LogP contribution in [0.1, 0.15) is 80.4 Å². The minimum atomic E-state index is -1.03. The van der Waals surface area contributed by atoms with Gasteiger partial charge in [-0.1, -0.05) is 91.0 Å². The molecule has 0 bridgehead atoms. The molecule has 0 radical (unpaired) electrons. The van der Waals surface area contributed by atoms with Crippen LogP contribution in [0.5, 0.6) is 40.2 Å². The third-order valence-electron chi connectivity index (χ3n) is 13.9. The van der Waals surface area contributed by atoms with Gasteiger partial charge in [0, 0.05) is 29.0 Å². The molecule has 0 amide bonds. The highest BCUT2D eigenvalue weighted by atomic mass is 16.5. The molecule has 0 aliphatic heterocycles. The van der Waals surface area contributed by atoms with E-state index >= 15 is 0 Å². The van der Waals surface area contributed by atoms with E-state index in [0.717, 1.165) is 54.7 Å². The van der Waals surface area contributed by atoms with Gasteiger partial charge in [-0.3, -0.25) is 0 Å². The van der Waals surface area contributed by atoms with Crippen molar-refractivity contribution in [3.63, 3.8) is 0 Å². The molecular formula is C69H52O15. The monoisotopic (exact) mass is 1120 g/mol. The minimum Gasteiger partial charge on any atom is -0.489 e. The van der Waals surface area contributed by atoms with Crippen LogP contribution in [0.15, 0.2) is 206 Å². The second kappa shape index (κ2) is 24.8. The Hall–Kier alpha value is -11.1. The van der Waals surface area contributed by atoms with Gasteiger partial charge in [0.15, 0.2) is 0 Å². The van der Waals surface area contributed by atoms with Gasteiger partial charge in [0.2, 0.25) is 0 Å². The van der Waals surface area contributed by atoms with Gasteiger partial charge in [0.1, 0.15) is 86.5 Å². The van der Waals surface area contributed by atoms with Crippen LogP contribution >= 0.6 is 0 Å². The number of benzene rings is 11. The number of hydrogen-bond acceptors (Lipinski definition) is 11. The zero-order chi connectivity index (χ0) is 58.1. The summed E-state index contributed by atoms with van der Waals surface area (Å²) in [7, 11) is 0. The van der Waals surface area contributed by atoms with Crippen molar-refractivity contribution in [2.45, 2.75) is 46.2 Å². The summed E-state index contributed by atoms with van der Waals surface area (Å²) >= 11 is 0. The van der Waals surface area contributed by atoms with E-state index < -0.39 is 23.9 Å². The standard InChI is InChI=1S/C69H52O15/c70-66(71)52-12-4-42(5-13-52)35-78-56-26-46(27-57(32-56)79-36-43-6-14-53(15-7-43)67(72)73)39-82-60-30-48(41-84-63-25-23-51-21-20-49-2-1-3-50-22-24-62(63)65(51)64(49)50)31-61(34-60)83-40-47-28-58(80-37-44-8-16-54(17-9-44)68(74)75)33-59(29-47)81-38-45-10-18-55(19-11-45)69(76)77/h1-34H,35-41H2,(H,70,71)(H,72,73)(H,74,75)(H,76,77). The number of carboxylic acids is 4.